The number of primary amides is 1. The van der Waals surface area contributed by atoms with Gasteiger partial charge >= 0.3 is 0 Å². The van der Waals surface area contributed by atoms with Crippen LogP contribution in [0.25, 0.3) is 11.3 Å². The summed E-state index contributed by atoms with van der Waals surface area (Å²) in [5.41, 5.74) is 5.73. The van der Waals surface area contributed by atoms with Gasteiger partial charge in [0, 0.05) is 11.6 Å². The molecule has 0 aliphatic carbocycles. The summed E-state index contributed by atoms with van der Waals surface area (Å²) in [7, 11) is 0. The highest BCUT2D eigenvalue weighted by molar-refractivity contribution is 5.91. The van der Waals surface area contributed by atoms with Crippen molar-refractivity contribution in [2.75, 3.05) is 0 Å². The summed E-state index contributed by atoms with van der Waals surface area (Å²) in [6, 6.07) is 10.2. The Labute approximate surface area is 85.9 Å². The number of hydrogen-bond acceptors (Lipinski definition) is 3. The number of nitrogens with two attached hydrogens (primary N) is 1. The molecular weight excluding hydrogens is 194 g/mol. The van der Waals surface area contributed by atoms with E-state index in [-0.39, 0.29) is 17.3 Å². The van der Waals surface area contributed by atoms with Gasteiger partial charge in [0.05, 0.1) is 0 Å². The molecule has 0 aliphatic rings. The van der Waals surface area contributed by atoms with Crippen molar-refractivity contribution in [3.05, 3.63) is 42.2 Å². The van der Waals surface area contributed by atoms with E-state index in [1.165, 1.54) is 6.07 Å². The van der Waals surface area contributed by atoms with Crippen LogP contribution in [0.3, 0.4) is 0 Å². The Morgan fingerprint density at radius 1 is 1.27 bits per heavy atom. The number of rotatable bonds is 2. The van der Waals surface area contributed by atoms with Gasteiger partial charge in [-0.3, -0.25) is 4.79 Å². The molecule has 0 aliphatic heterocycles. The lowest BCUT2D eigenvalue weighted by atomic mass is 10.2. The van der Waals surface area contributed by atoms with Gasteiger partial charge in [-0.05, 0) is 0 Å². The first-order chi connectivity index (χ1) is 7.18. The zero-order valence-corrected chi connectivity index (χ0v) is 7.81. The van der Waals surface area contributed by atoms with Gasteiger partial charge in [0.25, 0.3) is 5.91 Å². The van der Waals surface area contributed by atoms with Crippen LogP contribution in [0.5, 0.6) is 5.75 Å². The summed E-state index contributed by atoms with van der Waals surface area (Å²) in [5.74, 6) is -0.585. The molecule has 0 bridgehead atoms. The zero-order valence-electron chi connectivity index (χ0n) is 7.81. The van der Waals surface area contributed by atoms with Crippen LogP contribution in [-0.2, 0) is 0 Å². The quantitative estimate of drug-likeness (QED) is 0.780. The van der Waals surface area contributed by atoms with E-state index in [0.29, 0.717) is 5.56 Å². The molecule has 3 N–H and O–H groups in total. The van der Waals surface area contributed by atoms with Crippen LogP contribution in [-0.4, -0.2) is 11.0 Å². The van der Waals surface area contributed by atoms with Crippen molar-refractivity contribution in [3.63, 3.8) is 0 Å². The molecule has 0 atom stereocenters. The zero-order chi connectivity index (χ0) is 10.8. The van der Waals surface area contributed by atoms with Crippen LogP contribution in [0.1, 0.15) is 10.6 Å². The molecule has 2 rings (SSSR count). The summed E-state index contributed by atoms with van der Waals surface area (Å²) < 4.78 is 5.14. The van der Waals surface area contributed by atoms with Crippen LogP contribution in [0.4, 0.5) is 0 Å². The Bertz CT molecular complexity index is 488. The molecule has 1 aromatic carbocycles. The van der Waals surface area contributed by atoms with Gasteiger partial charge in [0.2, 0.25) is 0 Å². The topological polar surface area (TPSA) is 76.5 Å². The third-order valence-corrected chi connectivity index (χ3v) is 1.99. The van der Waals surface area contributed by atoms with Gasteiger partial charge in [-0.25, -0.2) is 0 Å². The summed E-state index contributed by atoms with van der Waals surface area (Å²) >= 11 is 0. The normalized spacial score (nSPS) is 10.1. The number of aromatic hydroxyl groups is 1. The van der Waals surface area contributed by atoms with E-state index >= 15 is 0 Å². The van der Waals surface area contributed by atoms with Crippen molar-refractivity contribution < 1.29 is 14.3 Å². The lowest BCUT2D eigenvalue weighted by molar-refractivity contribution is 0.0974. The Morgan fingerprint density at radius 2 is 1.93 bits per heavy atom. The van der Waals surface area contributed by atoms with Crippen molar-refractivity contribution in [2.45, 2.75) is 0 Å². The molecular formula is C11H9NO3. The predicted molar refractivity (Wildman–Crippen MR) is 54.3 cm³/mol. The van der Waals surface area contributed by atoms with Crippen molar-refractivity contribution in [1.29, 1.82) is 0 Å². The molecule has 76 valence electrons. The third-order valence-electron chi connectivity index (χ3n) is 1.99. The van der Waals surface area contributed by atoms with Gasteiger partial charge in [-0.1, -0.05) is 30.3 Å². The Kier molecular flexibility index (Phi) is 2.17. The maximum Gasteiger partial charge on any atom is 0.284 e. The highest BCUT2D eigenvalue weighted by Crippen LogP contribution is 2.31. The lowest BCUT2D eigenvalue weighted by Crippen LogP contribution is -2.09. The molecule has 0 fully saturated rings. The summed E-state index contributed by atoms with van der Waals surface area (Å²) in [6.45, 7) is 0. The monoisotopic (exact) mass is 203 g/mol. The van der Waals surface area contributed by atoms with Gasteiger partial charge in [0.15, 0.2) is 17.3 Å². The van der Waals surface area contributed by atoms with Crippen molar-refractivity contribution in [1.82, 2.24) is 0 Å². The molecule has 4 heteroatoms. The molecule has 0 saturated carbocycles. The van der Waals surface area contributed by atoms with Gasteiger partial charge in [-0.15, -0.1) is 0 Å². The first kappa shape index (κ1) is 9.33. The van der Waals surface area contributed by atoms with Crippen molar-refractivity contribution in [2.24, 2.45) is 5.73 Å². The van der Waals surface area contributed by atoms with E-state index < -0.39 is 5.91 Å². The maximum absolute atomic E-state index is 10.8. The molecule has 1 amide bonds. The van der Waals surface area contributed by atoms with Crippen LogP contribution in [0.2, 0.25) is 0 Å². The first-order valence-corrected chi connectivity index (χ1v) is 4.36. The molecule has 0 unspecified atom stereocenters. The van der Waals surface area contributed by atoms with E-state index in [9.17, 15) is 9.90 Å². The molecule has 15 heavy (non-hydrogen) atoms. The third kappa shape index (κ3) is 1.69. The second-order valence-corrected chi connectivity index (χ2v) is 3.06. The lowest BCUT2D eigenvalue weighted by Gasteiger charge is -1.96. The van der Waals surface area contributed by atoms with E-state index in [4.69, 9.17) is 10.2 Å². The largest absolute Gasteiger partial charge is 0.504 e. The van der Waals surface area contributed by atoms with Crippen LogP contribution in [0.15, 0.2) is 40.8 Å². The fourth-order valence-electron chi connectivity index (χ4n) is 1.30. The first-order valence-electron chi connectivity index (χ1n) is 4.36. The van der Waals surface area contributed by atoms with E-state index in [0.717, 1.165) is 0 Å². The highest BCUT2D eigenvalue weighted by Gasteiger charge is 2.14. The second-order valence-electron chi connectivity index (χ2n) is 3.06. The number of benzene rings is 1. The fourth-order valence-corrected chi connectivity index (χ4v) is 1.30. The summed E-state index contributed by atoms with van der Waals surface area (Å²) in [4.78, 5) is 10.8. The average molecular weight is 203 g/mol. The molecule has 0 radical (unpaired) electrons. The SMILES string of the molecule is NC(=O)c1cc(O)c(-c2ccccc2)o1. The maximum atomic E-state index is 10.8. The van der Waals surface area contributed by atoms with Gasteiger partial charge < -0.3 is 15.3 Å². The van der Waals surface area contributed by atoms with E-state index in [2.05, 4.69) is 0 Å². The van der Waals surface area contributed by atoms with Crippen molar-refractivity contribution in [3.8, 4) is 17.1 Å². The molecule has 4 nitrogen and oxygen atoms in total. The van der Waals surface area contributed by atoms with Gasteiger partial charge in [-0.2, -0.15) is 0 Å². The van der Waals surface area contributed by atoms with E-state index in [1.54, 1.807) is 24.3 Å². The van der Waals surface area contributed by atoms with Crippen molar-refractivity contribution >= 4 is 5.91 Å². The summed E-state index contributed by atoms with van der Waals surface area (Å²) in [6.07, 6.45) is 0. The predicted octanol–water partition coefficient (Wildman–Crippen LogP) is 1.75. The minimum atomic E-state index is -0.701. The number of hydrogen-bond donors (Lipinski definition) is 2. The van der Waals surface area contributed by atoms with Crippen LogP contribution < -0.4 is 5.73 Å². The Hall–Kier alpha value is -2.23. The minimum absolute atomic E-state index is 0.0497. The van der Waals surface area contributed by atoms with Crippen LogP contribution in [0, 0.1) is 0 Å². The number of carbonyl (C=O) groups excluding carboxylic acids is 1. The molecule has 0 saturated heterocycles. The standard InChI is InChI=1S/C11H9NO3/c12-11(14)9-6-8(13)10(15-9)7-4-2-1-3-5-7/h1-6,13H,(H2,12,14). The van der Waals surface area contributed by atoms with Gasteiger partial charge in [0.1, 0.15) is 0 Å². The molecule has 0 spiro atoms. The number of furan rings is 1. The highest BCUT2D eigenvalue weighted by atomic mass is 16.4. The van der Waals surface area contributed by atoms with Crippen LogP contribution >= 0.6 is 0 Å². The number of amides is 1. The molecule has 2 aromatic rings. The Balaban J connectivity index is 2.50. The fraction of sp³-hybridized carbons (Fsp3) is 0. The summed E-state index contributed by atoms with van der Waals surface area (Å²) in [5, 5.41) is 9.53. The average Bonchev–Trinajstić information content (AvgIpc) is 2.62. The Morgan fingerprint density at radius 3 is 2.47 bits per heavy atom. The number of carbonyl (C=O) groups is 1. The smallest absolute Gasteiger partial charge is 0.284 e. The molecule has 1 heterocycles. The molecule has 1 aromatic heterocycles. The second kappa shape index (κ2) is 3.49. The van der Waals surface area contributed by atoms with E-state index in [1.807, 2.05) is 6.07 Å². The minimum Gasteiger partial charge on any atom is -0.504 e.